The fraction of sp³-hybridized carbons (Fsp3) is 0.600. The molecule has 1 aliphatic heterocycles. The summed E-state index contributed by atoms with van der Waals surface area (Å²) in [6, 6.07) is 1.74. The fourth-order valence-electron chi connectivity index (χ4n) is 5.01. The third-order valence-corrected chi connectivity index (χ3v) is 6.26. The highest BCUT2D eigenvalue weighted by atomic mass is 16.5. The number of ether oxygens (including phenoxy) is 1. The molecule has 2 aromatic heterocycles. The van der Waals surface area contributed by atoms with Gasteiger partial charge in [0.1, 0.15) is 0 Å². The molecule has 2 atom stereocenters. The van der Waals surface area contributed by atoms with E-state index in [0.717, 1.165) is 25.9 Å². The monoisotopic (exact) mass is 384 g/mol. The molecule has 1 N–H and O–H groups in total. The summed E-state index contributed by atoms with van der Waals surface area (Å²) in [7, 11) is 1.60. The van der Waals surface area contributed by atoms with Gasteiger partial charge in [-0.3, -0.25) is 4.79 Å². The van der Waals surface area contributed by atoms with Crippen LogP contribution in [0.15, 0.2) is 31.0 Å². The molecule has 0 spiro atoms. The quantitative estimate of drug-likeness (QED) is 0.732. The highest BCUT2D eigenvalue weighted by molar-refractivity contribution is 5.86. The molecule has 150 valence electrons. The first-order chi connectivity index (χ1) is 13.4. The number of hydrogen-bond acceptors (Lipinski definition) is 6. The molecule has 0 radical (unpaired) electrons. The first-order valence-electron chi connectivity index (χ1n) is 9.81. The summed E-state index contributed by atoms with van der Waals surface area (Å²) in [6.45, 7) is 7.47. The molecule has 0 aromatic carbocycles. The van der Waals surface area contributed by atoms with Crippen molar-refractivity contribution in [3.63, 3.8) is 0 Å². The molecule has 8 heteroatoms. The molecule has 1 amide bonds. The first-order valence-corrected chi connectivity index (χ1v) is 9.81. The Balaban J connectivity index is 1.42. The summed E-state index contributed by atoms with van der Waals surface area (Å²) in [5.41, 5.74) is -0.216. The minimum Gasteiger partial charge on any atom is -0.481 e. The zero-order valence-electron chi connectivity index (χ0n) is 16.8. The lowest BCUT2D eigenvalue weighted by Crippen LogP contribution is -2.60. The van der Waals surface area contributed by atoms with Crippen molar-refractivity contribution in [3.8, 4) is 5.88 Å². The molecule has 2 aromatic rings. The number of imidazole rings is 1. The van der Waals surface area contributed by atoms with Gasteiger partial charge in [0.25, 0.3) is 0 Å². The lowest BCUT2D eigenvalue weighted by atomic mass is 9.47. The predicted octanol–water partition coefficient (Wildman–Crippen LogP) is 1.74. The number of aryl methyl sites for hydroxylation is 1. The number of aromatic nitrogens is 4. The molecule has 4 rings (SSSR count). The normalized spacial score (nSPS) is 25.1. The van der Waals surface area contributed by atoms with E-state index < -0.39 is 0 Å². The van der Waals surface area contributed by atoms with E-state index in [1.807, 2.05) is 10.8 Å². The number of nitrogens with zero attached hydrogens (tertiary/aromatic N) is 5. The van der Waals surface area contributed by atoms with Crippen molar-refractivity contribution in [2.24, 2.45) is 16.7 Å². The average molecular weight is 384 g/mol. The standard InChI is InChI=1S/C20H28N6O2/c1-19(2)12-20(17(27)22-6-4-9-25-10-8-21-14-25)13-26(11-15(19)20)18-23-7-5-16(24-18)28-3/h5,7-8,10,14-15H,4,6,9,11-13H2,1-3H3,(H,22,27)/t15-,20+/m1/s1. The number of carbonyl (C=O) groups excluding carboxylic acids is 1. The summed E-state index contributed by atoms with van der Waals surface area (Å²) in [5.74, 6) is 1.63. The van der Waals surface area contributed by atoms with Crippen molar-refractivity contribution < 1.29 is 9.53 Å². The van der Waals surface area contributed by atoms with Gasteiger partial charge in [0.15, 0.2) is 0 Å². The summed E-state index contributed by atoms with van der Waals surface area (Å²) >= 11 is 0. The average Bonchev–Trinajstić information content (AvgIpc) is 3.31. The molecule has 8 nitrogen and oxygen atoms in total. The van der Waals surface area contributed by atoms with E-state index in [1.165, 1.54) is 0 Å². The van der Waals surface area contributed by atoms with Gasteiger partial charge in [-0.2, -0.15) is 4.98 Å². The third-order valence-electron chi connectivity index (χ3n) is 6.26. The lowest BCUT2D eigenvalue weighted by molar-refractivity contribution is -0.151. The molecule has 0 unspecified atom stereocenters. The van der Waals surface area contributed by atoms with Gasteiger partial charge in [-0.25, -0.2) is 9.97 Å². The van der Waals surface area contributed by atoms with E-state index >= 15 is 0 Å². The van der Waals surface area contributed by atoms with Crippen LogP contribution >= 0.6 is 0 Å². The van der Waals surface area contributed by atoms with Gasteiger partial charge in [0, 0.05) is 50.8 Å². The van der Waals surface area contributed by atoms with Gasteiger partial charge in [-0.05, 0) is 24.2 Å². The van der Waals surface area contributed by atoms with Crippen LogP contribution in [-0.2, 0) is 11.3 Å². The molecule has 1 saturated carbocycles. The maximum absolute atomic E-state index is 13.2. The lowest BCUT2D eigenvalue weighted by Gasteiger charge is -2.55. The SMILES string of the molecule is COc1ccnc(N2C[C@@H]3C(C)(C)C[C@]3(C(=O)NCCCn3ccnc3)C2)n1. The molecule has 1 aliphatic carbocycles. The van der Waals surface area contributed by atoms with E-state index in [1.54, 1.807) is 31.9 Å². The summed E-state index contributed by atoms with van der Waals surface area (Å²) < 4.78 is 7.25. The molecule has 2 aliphatic rings. The van der Waals surface area contributed by atoms with E-state index in [2.05, 4.69) is 39.0 Å². The van der Waals surface area contributed by atoms with Crippen LogP contribution in [-0.4, -0.2) is 52.2 Å². The number of nitrogens with one attached hydrogen (secondary N) is 1. The van der Waals surface area contributed by atoms with Crippen molar-refractivity contribution in [1.29, 1.82) is 0 Å². The van der Waals surface area contributed by atoms with Gasteiger partial charge >= 0.3 is 0 Å². The first kappa shape index (κ1) is 18.7. The van der Waals surface area contributed by atoms with E-state index in [-0.39, 0.29) is 16.7 Å². The Morgan fingerprint density at radius 3 is 2.96 bits per heavy atom. The van der Waals surface area contributed by atoms with E-state index in [0.29, 0.717) is 30.8 Å². The summed E-state index contributed by atoms with van der Waals surface area (Å²) in [5, 5.41) is 3.18. The zero-order chi connectivity index (χ0) is 19.8. The van der Waals surface area contributed by atoms with Crippen LogP contribution in [0.2, 0.25) is 0 Å². The Hall–Kier alpha value is -2.64. The topological polar surface area (TPSA) is 85.2 Å². The maximum atomic E-state index is 13.2. The molecular formula is C20H28N6O2. The number of fused-ring (bicyclic) bond motifs is 1. The van der Waals surface area contributed by atoms with Crippen LogP contribution in [0.5, 0.6) is 5.88 Å². The van der Waals surface area contributed by atoms with Crippen LogP contribution in [0.25, 0.3) is 0 Å². The summed E-state index contributed by atoms with van der Waals surface area (Å²) in [6.07, 6.45) is 8.98. The zero-order valence-corrected chi connectivity index (χ0v) is 16.8. The molecule has 3 heterocycles. The summed E-state index contributed by atoms with van der Waals surface area (Å²) in [4.78, 5) is 28.2. The second kappa shape index (κ2) is 7.07. The van der Waals surface area contributed by atoms with Crippen LogP contribution in [0.3, 0.4) is 0 Å². The van der Waals surface area contributed by atoms with Gasteiger partial charge in [0.05, 0.1) is 18.9 Å². The second-order valence-corrected chi connectivity index (χ2v) is 8.56. The molecule has 0 bridgehead atoms. The van der Waals surface area contributed by atoms with Crippen LogP contribution in [0.4, 0.5) is 5.95 Å². The van der Waals surface area contributed by atoms with Crippen LogP contribution < -0.4 is 15.0 Å². The van der Waals surface area contributed by atoms with Gasteiger partial charge < -0.3 is 19.5 Å². The number of anilines is 1. The third kappa shape index (κ3) is 3.21. The van der Waals surface area contributed by atoms with Crippen LogP contribution in [0, 0.1) is 16.7 Å². The van der Waals surface area contributed by atoms with E-state index in [4.69, 9.17) is 4.74 Å². The highest BCUT2D eigenvalue weighted by Crippen LogP contribution is 2.63. The number of methoxy groups -OCH3 is 1. The number of hydrogen-bond donors (Lipinski definition) is 1. The van der Waals surface area contributed by atoms with Gasteiger partial charge in [-0.15, -0.1) is 0 Å². The Morgan fingerprint density at radius 1 is 1.39 bits per heavy atom. The van der Waals surface area contributed by atoms with Crippen molar-refractivity contribution in [2.45, 2.75) is 33.2 Å². The van der Waals surface area contributed by atoms with Crippen molar-refractivity contribution in [2.75, 3.05) is 31.6 Å². The Morgan fingerprint density at radius 2 is 2.25 bits per heavy atom. The minimum absolute atomic E-state index is 0.141. The predicted molar refractivity (Wildman–Crippen MR) is 105 cm³/mol. The highest BCUT2D eigenvalue weighted by Gasteiger charge is 2.66. The number of amides is 1. The number of carbonyl (C=O) groups is 1. The van der Waals surface area contributed by atoms with Crippen LogP contribution in [0.1, 0.15) is 26.7 Å². The van der Waals surface area contributed by atoms with Crippen molar-refractivity contribution >= 4 is 11.9 Å². The number of rotatable bonds is 7. The molecule has 1 saturated heterocycles. The maximum Gasteiger partial charge on any atom is 0.228 e. The largest absolute Gasteiger partial charge is 0.481 e. The van der Waals surface area contributed by atoms with Gasteiger partial charge in [0.2, 0.25) is 17.7 Å². The van der Waals surface area contributed by atoms with Crippen molar-refractivity contribution in [1.82, 2.24) is 24.8 Å². The second-order valence-electron chi connectivity index (χ2n) is 8.56. The Labute approximate surface area is 165 Å². The Kier molecular flexibility index (Phi) is 4.72. The van der Waals surface area contributed by atoms with E-state index in [9.17, 15) is 4.79 Å². The fourth-order valence-corrected chi connectivity index (χ4v) is 5.01. The smallest absolute Gasteiger partial charge is 0.228 e. The molecule has 28 heavy (non-hydrogen) atoms. The molecular weight excluding hydrogens is 356 g/mol. The Bertz CT molecular complexity index is 837. The van der Waals surface area contributed by atoms with Gasteiger partial charge in [-0.1, -0.05) is 13.8 Å². The molecule has 2 fully saturated rings. The minimum atomic E-state index is -0.356. The van der Waals surface area contributed by atoms with Crippen molar-refractivity contribution in [3.05, 3.63) is 31.0 Å².